The third-order valence-corrected chi connectivity index (χ3v) is 7.60. The van der Waals surface area contributed by atoms with Gasteiger partial charge in [-0.25, -0.2) is 8.42 Å². The molecule has 1 saturated heterocycles. The maximum Gasteiger partial charge on any atom is 0.255 e. The maximum absolute atomic E-state index is 13.0. The summed E-state index contributed by atoms with van der Waals surface area (Å²) in [5.74, 6) is -0.440. The Hall–Kier alpha value is -1.35. The zero-order valence-electron chi connectivity index (χ0n) is 15.6. The molecule has 1 aliphatic heterocycles. The van der Waals surface area contributed by atoms with Crippen molar-refractivity contribution in [2.45, 2.75) is 11.4 Å². The van der Waals surface area contributed by atoms with Gasteiger partial charge in [0.1, 0.15) is 4.90 Å². The van der Waals surface area contributed by atoms with Gasteiger partial charge in [-0.15, -0.1) is 0 Å². The highest BCUT2D eigenvalue weighted by Gasteiger charge is 2.30. The minimum atomic E-state index is -3.89. The van der Waals surface area contributed by atoms with Crippen molar-refractivity contribution in [2.75, 3.05) is 33.4 Å². The molecule has 0 aliphatic carbocycles. The zero-order valence-corrected chi connectivity index (χ0v) is 18.7. The van der Waals surface area contributed by atoms with Crippen LogP contribution in [-0.4, -0.2) is 56.9 Å². The Kier molecular flexibility index (Phi) is 7.09. The quantitative estimate of drug-likeness (QED) is 0.654. The number of carbonyl (C=O) groups excluding carboxylic acids is 1. The van der Waals surface area contributed by atoms with Crippen LogP contribution in [0.5, 0.6) is 0 Å². The first-order valence-corrected chi connectivity index (χ1v) is 11.3. The van der Waals surface area contributed by atoms with Crippen molar-refractivity contribution in [3.63, 3.8) is 0 Å². The van der Waals surface area contributed by atoms with Crippen LogP contribution in [0.2, 0.25) is 15.1 Å². The lowest BCUT2D eigenvalue weighted by molar-refractivity contribution is 0.0730. The van der Waals surface area contributed by atoms with Crippen molar-refractivity contribution in [3.05, 3.63) is 62.6 Å². The normalized spacial score (nSPS) is 15.3. The second kappa shape index (κ2) is 9.20. The van der Waals surface area contributed by atoms with Crippen molar-refractivity contribution in [2.24, 2.45) is 0 Å². The molecule has 1 aliphatic rings. The lowest BCUT2D eigenvalue weighted by Crippen LogP contribution is -2.40. The number of amides is 1. The van der Waals surface area contributed by atoms with E-state index in [0.29, 0.717) is 18.2 Å². The first kappa shape index (κ1) is 22.3. The summed E-state index contributed by atoms with van der Waals surface area (Å²) < 4.78 is 32.5. The predicted octanol–water partition coefficient (Wildman–Crippen LogP) is 3.94. The van der Waals surface area contributed by atoms with Crippen LogP contribution in [0.4, 0.5) is 0 Å². The predicted molar refractivity (Wildman–Crippen MR) is 113 cm³/mol. The average Bonchev–Trinajstić information content (AvgIpc) is 2.69. The molecule has 0 aromatic heterocycles. The van der Waals surface area contributed by atoms with Crippen LogP contribution >= 0.6 is 34.8 Å². The second-order valence-corrected chi connectivity index (χ2v) is 9.66. The van der Waals surface area contributed by atoms with E-state index in [1.807, 2.05) is 12.1 Å². The summed E-state index contributed by atoms with van der Waals surface area (Å²) in [5, 5.41) is 0.573. The van der Waals surface area contributed by atoms with Gasteiger partial charge in [0.25, 0.3) is 5.91 Å². The van der Waals surface area contributed by atoms with E-state index in [1.54, 1.807) is 19.2 Å². The molecule has 29 heavy (non-hydrogen) atoms. The Morgan fingerprint density at radius 3 is 2.38 bits per heavy atom. The number of sulfonamides is 1. The molecule has 156 valence electrons. The van der Waals surface area contributed by atoms with E-state index < -0.39 is 15.9 Å². The third-order valence-electron chi connectivity index (χ3n) is 4.55. The standard InChI is InChI=1S/C19H19Cl3N2O4S/c1-23(12-13-4-2-3-5-15(13)20)19(25)14-10-18(17(22)11-16(14)21)29(26,27)24-6-8-28-9-7-24/h2-5,10-11H,6-9,12H2,1H3. The van der Waals surface area contributed by atoms with Gasteiger partial charge in [-0.1, -0.05) is 53.0 Å². The molecule has 3 rings (SSSR count). The van der Waals surface area contributed by atoms with Crippen LogP contribution in [-0.2, 0) is 21.3 Å². The lowest BCUT2D eigenvalue weighted by atomic mass is 10.1. The molecule has 1 fully saturated rings. The molecule has 0 atom stereocenters. The lowest BCUT2D eigenvalue weighted by Gasteiger charge is -2.27. The van der Waals surface area contributed by atoms with Gasteiger partial charge in [-0.05, 0) is 23.8 Å². The molecule has 0 radical (unpaired) electrons. The summed E-state index contributed by atoms with van der Waals surface area (Å²) in [6, 6.07) is 9.68. The van der Waals surface area contributed by atoms with E-state index in [1.165, 1.54) is 21.3 Å². The van der Waals surface area contributed by atoms with Crippen molar-refractivity contribution < 1.29 is 17.9 Å². The van der Waals surface area contributed by atoms with E-state index in [-0.39, 0.29) is 40.1 Å². The van der Waals surface area contributed by atoms with E-state index in [0.717, 1.165) is 5.56 Å². The molecule has 1 amide bonds. The van der Waals surface area contributed by atoms with Gasteiger partial charge in [-0.2, -0.15) is 4.31 Å². The number of hydrogen-bond acceptors (Lipinski definition) is 4. The fraction of sp³-hybridized carbons (Fsp3) is 0.316. The number of hydrogen-bond donors (Lipinski definition) is 0. The number of morpholine rings is 1. The van der Waals surface area contributed by atoms with Gasteiger partial charge in [-0.3, -0.25) is 4.79 Å². The van der Waals surface area contributed by atoms with Crippen LogP contribution in [0.15, 0.2) is 41.3 Å². The topological polar surface area (TPSA) is 66.9 Å². The summed E-state index contributed by atoms with van der Waals surface area (Å²) in [5.41, 5.74) is 0.814. The number of nitrogens with zero attached hydrogens (tertiary/aromatic N) is 2. The molecule has 0 bridgehead atoms. The molecule has 0 spiro atoms. The van der Waals surface area contributed by atoms with Gasteiger partial charge in [0.05, 0.1) is 28.8 Å². The SMILES string of the molecule is CN(Cc1ccccc1Cl)C(=O)c1cc(S(=O)(=O)N2CCOCC2)c(Cl)cc1Cl. The van der Waals surface area contributed by atoms with E-state index in [4.69, 9.17) is 39.5 Å². The highest BCUT2D eigenvalue weighted by Crippen LogP contribution is 2.32. The Morgan fingerprint density at radius 2 is 1.72 bits per heavy atom. The van der Waals surface area contributed by atoms with Crippen LogP contribution in [0.25, 0.3) is 0 Å². The minimum absolute atomic E-state index is 0.0354. The van der Waals surface area contributed by atoms with Crippen molar-refractivity contribution in [1.82, 2.24) is 9.21 Å². The zero-order chi connectivity index (χ0) is 21.2. The number of benzene rings is 2. The highest BCUT2D eigenvalue weighted by atomic mass is 35.5. The van der Waals surface area contributed by atoms with Gasteiger partial charge >= 0.3 is 0 Å². The maximum atomic E-state index is 13.0. The average molecular weight is 478 g/mol. The Labute approximate surface area is 185 Å². The number of halogens is 3. The van der Waals surface area contributed by atoms with E-state index in [2.05, 4.69) is 0 Å². The fourth-order valence-corrected chi connectivity index (χ4v) is 5.41. The van der Waals surface area contributed by atoms with Gasteiger partial charge < -0.3 is 9.64 Å². The van der Waals surface area contributed by atoms with Crippen LogP contribution < -0.4 is 0 Å². The third kappa shape index (κ3) is 4.87. The van der Waals surface area contributed by atoms with Crippen molar-refractivity contribution in [1.29, 1.82) is 0 Å². The minimum Gasteiger partial charge on any atom is -0.379 e. The monoisotopic (exact) mass is 476 g/mol. The first-order chi connectivity index (χ1) is 13.7. The molecule has 0 saturated carbocycles. The number of ether oxygens (including phenoxy) is 1. The summed E-state index contributed by atoms with van der Waals surface area (Å²) in [6.45, 7) is 1.28. The van der Waals surface area contributed by atoms with Gasteiger partial charge in [0.2, 0.25) is 10.0 Å². The molecule has 6 nitrogen and oxygen atoms in total. The number of rotatable bonds is 5. The summed E-state index contributed by atoms with van der Waals surface area (Å²) in [6.07, 6.45) is 0. The molecular formula is C19H19Cl3N2O4S. The second-order valence-electron chi connectivity index (χ2n) is 6.53. The highest BCUT2D eigenvalue weighted by molar-refractivity contribution is 7.89. The van der Waals surface area contributed by atoms with Crippen LogP contribution in [0.3, 0.4) is 0 Å². The van der Waals surface area contributed by atoms with E-state index in [9.17, 15) is 13.2 Å². The van der Waals surface area contributed by atoms with E-state index >= 15 is 0 Å². The largest absolute Gasteiger partial charge is 0.379 e. The molecule has 2 aromatic carbocycles. The smallest absolute Gasteiger partial charge is 0.255 e. The number of carbonyl (C=O) groups is 1. The molecule has 1 heterocycles. The summed E-state index contributed by atoms with van der Waals surface area (Å²) in [4.78, 5) is 14.2. The molecule has 2 aromatic rings. The Bertz CT molecular complexity index is 1020. The van der Waals surface area contributed by atoms with Gasteiger partial charge in [0.15, 0.2) is 0 Å². The van der Waals surface area contributed by atoms with Crippen molar-refractivity contribution >= 4 is 50.7 Å². The Morgan fingerprint density at radius 1 is 1.07 bits per heavy atom. The van der Waals surface area contributed by atoms with Crippen LogP contribution in [0.1, 0.15) is 15.9 Å². The first-order valence-electron chi connectivity index (χ1n) is 8.77. The summed E-state index contributed by atoms with van der Waals surface area (Å²) in [7, 11) is -2.30. The van der Waals surface area contributed by atoms with Gasteiger partial charge in [0, 0.05) is 31.7 Å². The summed E-state index contributed by atoms with van der Waals surface area (Å²) >= 11 is 18.6. The molecule has 10 heteroatoms. The van der Waals surface area contributed by atoms with Crippen LogP contribution in [0, 0.1) is 0 Å². The molecule has 0 N–H and O–H groups in total. The fourth-order valence-electron chi connectivity index (χ4n) is 2.98. The van der Waals surface area contributed by atoms with Crippen molar-refractivity contribution in [3.8, 4) is 0 Å². The Balaban J connectivity index is 1.92. The molecular weight excluding hydrogens is 459 g/mol. The molecule has 0 unspecified atom stereocenters.